The molecule has 8 nitrogen and oxygen atoms in total. The lowest BCUT2D eigenvalue weighted by atomic mass is 10.3. The van der Waals surface area contributed by atoms with E-state index in [0.717, 1.165) is 6.08 Å². The number of rotatable bonds is 6. The molecule has 0 fully saturated rings. The SMILES string of the molecule is C=CC(Oc1ccccc1[N+](=O)[O-])O[N+](=O)[O-]. The van der Waals surface area contributed by atoms with E-state index in [2.05, 4.69) is 11.4 Å². The van der Waals surface area contributed by atoms with Crippen LogP contribution in [0.25, 0.3) is 0 Å². The quantitative estimate of drug-likeness (QED) is 0.324. The normalized spacial score (nSPS) is 11.3. The first-order valence-corrected chi connectivity index (χ1v) is 4.38. The van der Waals surface area contributed by atoms with Crippen molar-refractivity contribution in [3.8, 4) is 5.75 Å². The monoisotopic (exact) mass is 240 g/mol. The van der Waals surface area contributed by atoms with Gasteiger partial charge in [-0.15, -0.1) is 10.1 Å². The predicted octanol–water partition coefficient (Wildman–Crippen LogP) is 1.69. The Morgan fingerprint density at radius 2 is 1.94 bits per heavy atom. The van der Waals surface area contributed by atoms with Gasteiger partial charge in [-0.3, -0.25) is 15.0 Å². The highest BCUT2D eigenvalue weighted by Crippen LogP contribution is 2.27. The minimum atomic E-state index is -1.40. The van der Waals surface area contributed by atoms with Gasteiger partial charge in [-0.2, -0.15) is 0 Å². The Kier molecular flexibility index (Phi) is 3.98. The third-order valence-electron chi connectivity index (χ3n) is 1.69. The van der Waals surface area contributed by atoms with Crippen molar-refractivity contribution in [2.24, 2.45) is 0 Å². The standard InChI is InChI=1S/C9H8N2O6/c1-2-9(17-11(14)15)16-8-6-4-3-5-7(8)10(12)13/h2-6,9H,1H2. The molecule has 0 bridgehead atoms. The molecule has 0 saturated heterocycles. The Balaban J connectivity index is 2.89. The molecule has 0 aliphatic heterocycles. The molecule has 1 aromatic rings. The highest BCUT2D eigenvalue weighted by molar-refractivity contribution is 5.45. The van der Waals surface area contributed by atoms with Gasteiger partial charge in [0, 0.05) is 6.07 Å². The van der Waals surface area contributed by atoms with Crippen LogP contribution in [0.3, 0.4) is 0 Å². The minimum Gasteiger partial charge on any atom is -0.453 e. The van der Waals surface area contributed by atoms with Crippen molar-refractivity contribution in [3.63, 3.8) is 0 Å². The van der Waals surface area contributed by atoms with Gasteiger partial charge in [0.05, 0.1) is 4.92 Å². The molecular formula is C9H8N2O6. The zero-order valence-electron chi connectivity index (χ0n) is 8.52. The van der Waals surface area contributed by atoms with Crippen LogP contribution in [0.2, 0.25) is 0 Å². The molecule has 8 heteroatoms. The summed E-state index contributed by atoms with van der Waals surface area (Å²) < 4.78 is 4.94. The summed E-state index contributed by atoms with van der Waals surface area (Å²) in [5, 5.41) is 19.7. The lowest BCUT2D eigenvalue weighted by molar-refractivity contribution is -0.774. The maximum Gasteiger partial charge on any atom is 0.311 e. The summed E-state index contributed by atoms with van der Waals surface area (Å²) in [6, 6.07) is 5.45. The molecule has 1 atom stereocenters. The van der Waals surface area contributed by atoms with Gasteiger partial charge in [-0.05, 0) is 12.1 Å². The molecule has 0 spiro atoms. The van der Waals surface area contributed by atoms with E-state index < -0.39 is 16.3 Å². The minimum absolute atomic E-state index is 0.135. The van der Waals surface area contributed by atoms with E-state index in [-0.39, 0.29) is 11.4 Å². The van der Waals surface area contributed by atoms with Crippen LogP contribution >= 0.6 is 0 Å². The third-order valence-corrected chi connectivity index (χ3v) is 1.69. The number of para-hydroxylation sites is 2. The molecule has 0 aliphatic carbocycles. The number of nitrogens with zero attached hydrogens (tertiary/aromatic N) is 2. The first-order valence-electron chi connectivity index (χ1n) is 4.38. The number of hydrogen-bond donors (Lipinski definition) is 0. The van der Waals surface area contributed by atoms with Gasteiger partial charge in [0.2, 0.25) is 0 Å². The first-order chi connectivity index (χ1) is 8.04. The van der Waals surface area contributed by atoms with Crippen LogP contribution in [-0.4, -0.2) is 16.3 Å². The fourth-order valence-corrected chi connectivity index (χ4v) is 1.03. The van der Waals surface area contributed by atoms with Crippen LogP contribution in [0.15, 0.2) is 36.9 Å². The molecule has 0 amide bonds. The summed E-state index contributed by atoms with van der Waals surface area (Å²) in [6.45, 7) is 3.26. The average Bonchev–Trinajstić information content (AvgIpc) is 2.28. The van der Waals surface area contributed by atoms with Gasteiger partial charge >= 0.3 is 5.69 Å². The summed E-state index contributed by atoms with van der Waals surface area (Å²) in [6.07, 6.45) is -0.384. The van der Waals surface area contributed by atoms with Crippen LogP contribution in [0.5, 0.6) is 5.75 Å². The van der Waals surface area contributed by atoms with E-state index in [1.807, 2.05) is 0 Å². The van der Waals surface area contributed by atoms with Crippen molar-refractivity contribution in [3.05, 3.63) is 57.1 Å². The van der Waals surface area contributed by atoms with Crippen molar-refractivity contribution < 1.29 is 19.6 Å². The zero-order chi connectivity index (χ0) is 12.8. The van der Waals surface area contributed by atoms with E-state index in [1.54, 1.807) is 0 Å². The molecular weight excluding hydrogens is 232 g/mol. The summed E-state index contributed by atoms with van der Waals surface area (Å²) in [7, 11) is 0. The highest BCUT2D eigenvalue weighted by Gasteiger charge is 2.18. The summed E-state index contributed by atoms with van der Waals surface area (Å²) >= 11 is 0. The van der Waals surface area contributed by atoms with Gasteiger partial charge < -0.3 is 4.74 Å². The number of nitro groups is 1. The average molecular weight is 240 g/mol. The molecule has 0 aliphatic rings. The third kappa shape index (κ3) is 3.45. The molecule has 0 aromatic heterocycles. The Morgan fingerprint density at radius 1 is 1.29 bits per heavy atom. The van der Waals surface area contributed by atoms with Gasteiger partial charge in [0.25, 0.3) is 11.4 Å². The van der Waals surface area contributed by atoms with Crippen LogP contribution < -0.4 is 4.74 Å². The smallest absolute Gasteiger partial charge is 0.311 e. The van der Waals surface area contributed by atoms with Crippen LogP contribution in [0.1, 0.15) is 0 Å². The van der Waals surface area contributed by atoms with Gasteiger partial charge in [-0.25, -0.2) is 0 Å². The van der Waals surface area contributed by atoms with E-state index in [9.17, 15) is 20.2 Å². The fourth-order valence-electron chi connectivity index (χ4n) is 1.03. The van der Waals surface area contributed by atoms with Crippen molar-refractivity contribution in [2.75, 3.05) is 0 Å². The maximum atomic E-state index is 10.6. The summed E-state index contributed by atoms with van der Waals surface area (Å²) in [4.78, 5) is 24.2. The molecule has 17 heavy (non-hydrogen) atoms. The van der Waals surface area contributed by atoms with Gasteiger partial charge in [0.1, 0.15) is 0 Å². The molecule has 0 radical (unpaired) electrons. The van der Waals surface area contributed by atoms with Gasteiger partial charge in [0.15, 0.2) is 5.75 Å². The van der Waals surface area contributed by atoms with Crippen molar-refractivity contribution >= 4 is 5.69 Å². The molecule has 90 valence electrons. The van der Waals surface area contributed by atoms with Crippen molar-refractivity contribution in [1.82, 2.24) is 0 Å². The Labute approximate surface area is 95.3 Å². The largest absolute Gasteiger partial charge is 0.453 e. The number of ether oxygens (including phenoxy) is 1. The second-order valence-corrected chi connectivity index (χ2v) is 2.78. The molecule has 1 unspecified atom stereocenters. The summed E-state index contributed by atoms with van der Waals surface area (Å²) in [5.41, 5.74) is -0.314. The van der Waals surface area contributed by atoms with Crippen molar-refractivity contribution in [1.29, 1.82) is 0 Å². The predicted molar refractivity (Wildman–Crippen MR) is 55.8 cm³/mol. The second-order valence-electron chi connectivity index (χ2n) is 2.78. The van der Waals surface area contributed by atoms with E-state index in [0.29, 0.717) is 0 Å². The van der Waals surface area contributed by atoms with Crippen LogP contribution in [0.4, 0.5) is 5.69 Å². The maximum absolute atomic E-state index is 10.6. The van der Waals surface area contributed by atoms with E-state index in [1.165, 1.54) is 24.3 Å². The first kappa shape index (κ1) is 12.4. The van der Waals surface area contributed by atoms with Crippen LogP contribution in [-0.2, 0) is 4.84 Å². The zero-order valence-corrected chi connectivity index (χ0v) is 8.52. The molecule has 1 aromatic carbocycles. The van der Waals surface area contributed by atoms with Crippen LogP contribution in [0, 0.1) is 20.2 Å². The van der Waals surface area contributed by atoms with Gasteiger partial charge in [-0.1, -0.05) is 18.7 Å². The Bertz CT molecular complexity index is 447. The molecule has 0 heterocycles. The molecule has 0 N–H and O–H groups in total. The molecule has 1 rings (SSSR count). The fraction of sp³-hybridized carbons (Fsp3) is 0.111. The Morgan fingerprint density at radius 3 is 2.47 bits per heavy atom. The van der Waals surface area contributed by atoms with Crippen molar-refractivity contribution in [2.45, 2.75) is 6.29 Å². The number of benzene rings is 1. The highest BCUT2D eigenvalue weighted by atomic mass is 17.0. The summed E-state index contributed by atoms with van der Waals surface area (Å²) in [5.74, 6) is -0.135. The van der Waals surface area contributed by atoms with E-state index in [4.69, 9.17) is 4.74 Å². The lowest BCUT2D eigenvalue weighted by Crippen LogP contribution is -2.21. The second kappa shape index (κ2) is 5.45. The molecule has 0 saturated carbocycles. The lowest BCUT2D eigenvalue weighted by Gasteiger charge is -2.12. The Hall–Kier alpha value is -2.64. The topological polar surface area (TPSA) is 105 Å². The van der Waals surface area contributed by atoms with E-state index >= 15 is 0 Å². The number of hydrogen-bond acceptors (Lipinski definition) is 6. The number of nitro benzene ring substituents is 1.